The average Bonchev–Trinajstić information content (AvgIpc) is 1.97. The van der Waals surface area contributed by atoms with E-state index in [0.29, 0.717) is 0 Å². The minimum absolute atomic E-state index is 0.539. The molecule has 1 heterocycles. The van der Waals surface area contributed by atoms with Gasteiger partial charge in [-0.15, -0.1) is 0 Å². The van der Waals surface area contributed by atoms with Crippen molar-refractivity contribution < 1.29 is 20.1 Å². The minimum atomic E-state index is -1.29. The number of hydrogen-bond donors (Lipinski definition) is 4. The summed E-state index contributed by atoms with van der Waals surface area (Å²) in [4.78, 5) is 0. The Labute approximate surface area is 64.4 Å². The smallest absolute Gasteiger partial charge is 0.182 e. The van der Waals surface area contributed by atoms with Crippen LogP contribution in [0.15, 0.2) is 0 Å². The van der Waals surface area contributed by atoms with Gasteiger partial charge in [-0.25, -0.2) is 0 Å². The maximum Gasteiger partial charge on any atom is 0.182 e. The highest BCUT2D eigenvalue weighted by atomic mass is 16.6. The van der Waals surface area contributed by atoms with Crippen molar-refractivity contribution in [1.82, 2.24) is 0 Å². The molecule has 1 aliphatic rings. The summed E-state index contributed by atoms with van der Waals surface area (Å²) in [5.74, 6) is 0. The van der Waals surface area contributed by atoms with Gasteiger partial charge in [0.15, 0.2) is 6.29 Å². The highest BCUT2D eigenvalue weighted by Gasteiger charge is 2.39. The molecule has 0 saturated carbocycles. The van der Waals surface area contributed by atoms with Gasteiger partial charge in [-0.2, -0.15) is 0 Å². The summed E-state index contributed by atoms with van der Waals surface area (Å²) >= 11 is 0. The first-order valence-electron chi connectivity index (χ1n) is 3.49. The van der Waals surface area contributed by atoms with E-state index in [4.69, 9.17) is 20.7 Å². The number of ether oxygens (including phenoxy) is 1. The first-order valence-corrected chi connectivity index (χ1v) is 3.49. The van der Waals surface area contributed by atoms with E-state index in [1.54, 1.807) is 6.92 Å². The second kappa shape index (κ2) is 3.04. The summed E-state index contributed by atoms with van der Waals surface area (Å²) in [5.41, 5.74) is 5.36. The monoisotopic (exact) mass is 163 g/mol. The molecule has 5 nitrogen and oxygen atoms in total. The zero-order valence-corrected chi connectivity index (χ0v) is 6.21. The molecule has 5 atom stereocenters. The van der Waals surface area contributed by atoms with E-state index in [1.165, 1.54) is 0 Å². The normalized spacial score (nSPS) is 52.6. The number of aliphatic hydroxyl groups is 3. The molecule has 0 spiro atoms. The molecule has 0 bridgehead atoms. The zero-order chi connectivity index (χ0) is 8.59. The van der Waals surface area contributed by atoms with Crippen LogP contribution in [0, 0.1) is 0 Å². The summed E-state index contributed by atoms with van der Waals surface area (Å²) in [5, 5.41) is 27.3. The first kappa shape index (κ1) is 8.89. The van der Waals surface area contributed by atoms with Crippen LogP contribution in [-0.2, 0) is 4.74 Å². The van der Waals surface area contributed by atoms with Crippen LogP contribution in [0.2, 0.25) is 0 Å². The summed E-state index contributed by atoms with van der Waals surface area (Å²) in [6.07, 6.45) is -3.96. The second-order valence-corrected chi connectivity index (χ2v) is 2.79. The zero-order valence-electron chi connectivity index (χ0n) is 6.21. The lowest BCUT2D eigenvalue weighted by Gasteiger charge is -2.37. The molecule has 1 fully saturated rings. The van der Waals surface area contributed by atoms with Crippen molar-refractivity contribution >= 4 is 0 Å². The average molecular weight is 163 g/mol. The van der Waals surface area contributed by atoms with E-state index >= 15 is 0 Å². The number of hydrogen-bond acceptors (Lipinski definition) is 5. The maximum absolute atomic E-state index is 9.21. The molecule has 1 saturated heterocycles. The predicted molar refractivity (Wildman–Crippen MR) is 36.5 cm³/mol. The molecule has 0 amide bonds. The minimum Gasteiger partial charge on any atom is -0.389 e. The van der Waals surface area contributed by atoms with Crippen molar-refractivity contribution in [2.75, 3.05) is 0 Å². The van der Waals surface area contributed by atoms with E-state index in [1.807, 2.05) is 0 Å². The fourth-order valence-corrected chi connectivity index (χ4v) is 1.09. The number of nitrogens with two attached hydrogens (primary N) is 1. The van der Waals surface area contributed by atoms with Crippen molar-refractivity contribution in [3.05, 3.63) is 0 Å². The summed E-state index contributed by atoms with van der Waals surface area (Å²) in [7, 11) is 0. The van der Waals surface area contributed by atoms with Crippen LogP contribution in [0.5, 0.6) is 0 Å². The van der Waals surface area contributed by atoms with Gasteiger partial charge in [0, 0.05) is 0 Å². The fourth-order valence-electron chi connectivity index (χ4n) is 1.09. The van der Waals surface area contributed by atoms with E-state index in [9.17, 15) is 5.11 Å². The van der Waals surface area contributed by atoms with Crippen molar-refractivity contribution in [3.63, 3.8) is 0 Å². The lowest BCUT2D eigenvalue weighted by atomic mass is 9.98. The summed E-state index contributed by atoms with van der Waals surface area (Å²) < 4.78 is 4.76. The van der Waals surface area contributed by atoms with Gasteiger partial charge in [0.1, 0.15) is 6.10 Å². The van der Waals surface area contributed by atoms with Gasteiger partial charge in [-0.1, -0.05) is 0 Å². The van der Waals surface area contributed by atoms with E-state index in [0.717, 1.165) is 0 Å². The molecule has 0 aromatic rings. The lowest BCUT2D eigenvalue weighted by Crippen LogP contribution is -2.60. The van der Waals surface area contributed by atoms with E-state index < -0.39 is 30.6 Å². The first-order chi connectivity index (χ1) is 5.04. The molecule has 0 aromatic heterocycles. The van der Waals surface area contributed by atoms with Gasteiger partial charge in [0.25, 0.3) is 0 Å². The summed E-state index contributed by atoms with van der Waals surface area (Å²) in [6, 6.07) is -0.839. The van der Waals surface area contributed by atoms with Crippen molar-refractivity contribution in [3.8, 4) is 0 Å². The van der Waals surface area contributed by atoms with Gasteiger partial charge in [-0.3, -0.25) is 0 Å². The third-order valence-corrected chi connectivity index (χ3v) is 1.92. The van der Waals surface area contributed by atoms with Gasteiger partial charge in [0.2, 0.25) is 0 Å². The molecule has 11 heavy (non-hydrogen) atoms. The van der Waals surface area contributed by atoms with Crippen LogP contribution in [0.3, 0.4) is 0 Å². The second-order valence-electron chi connectivity index (χ2n) is 2.79. The van der Waals surface area contributed by atoms with Crippen molar-refractivity contribution in [1.29, 1.82) is 0 Å². The molecule has 66 valence electrons. The SMILES string of the molecule is C[C@H]1O[C@H](O)[C@H](O)[C@H](N)[C@@H]1O. The predicted octanol–water partition coefficient (Wildman–Crippen LogP) is -2.23. The van der Waals surface area contributed by atoms with Gasteiger partial charge in [-0.05, 0) is 6.92 Å². The molecule has 0 radical (unpaired) electrons. The molecule has 0 unspecified atom stereocenters. The van der Waals surface area contributed by atoms with Gasteiger partial charge < -0.3 is 25.8 Å². The Morgan fingerprint density at radius 1 is 1.18 bits per heavy atom. The lowest BCUT2D eigenvalue weighted by molar-refractivity contribution is -0.247. The Kier molecular flexibility index (Phi) is 2.46. The third-order valence-electron chi connectivity index (χ3n) is 1.92. The van der Waals surface area contributed by atoms with E-state index in [-0.39, 0.29) is 0 Å². The fraction of sp³-hybridized carbons (Fsp3) is 1.00. The molecular formula is C6H13NO4. The molecule has 5 N–H and O–H groups in total. The Morgan fingerprint density at radius 3 is 2.27 bits per heavy atom. The molecule has 0 aliphatic carbocycles. The van der Waals surface area contributed by atoms with Crippen LogP contribution in [-0.4, -0.2) is 46.0 Å². The van der Waals surface area contributed by atoms with Crippen LogP contribution < -0.4 is 5.73 Å². The quantitative estimate of drug-likeness (QED) is 0.324. The molecular weight excluding hydrogens is 150 g/mol. The Morgan fingerprint density at radius 2 is 1.73 bits per heavy atom. The number of aliphatic hydroxyl groups excluding tert-OH is 3. The van der Waals surface area contributed by atoms with Crippen LogP contribution in [0.1, 0.15) is 6.92 Å². The molecule has 0 aromatic carbocycles. The number of rotatable bonds is 0. The topological polar surface area (TPSA) is 95.9 Å². The molecule has 1 aliphatic heterocycles. The van der Waals surface area contributed by atoms with Crippen molar-refractivity contribution in [2.45, 2.75) is 37.6 Å². The van der Waals surface area contributed by atoms with Crippen LogP contribution >= 0.6 is 0 Å². The Balaban J connectivity index is 2.63. The third kappa shape index (κ3) is 1.52. The molecule has 1 rings (SSSR count). The highest BCUT2D eigenvalue weighted by Crippen LogP contribution is 2.17. The largest absolute Gasteiger partial charge is 0.389 e. The van der Waals surface area contributed by atoms with Crippen molar-refractivity contribution in [2.24, 2.45) is 5.73 Å². The maximum atomic E-state index is 9.21. The van der Waals surface area contributed by atoms with Gasteiger partial charge >= 0.3 is 0 Å². The van der Waals surface area contributed by atoms with Gasteiger partial charge in [0.05, 0.1) is 18.2 Å². The van der Waals surface area contributed by atoms with E-state index in [2.05, 4.69) is 0 Å². The Hall–Kier alpha value is -0.200. The standard InChI is InChI=1S/C6H13NO4/c1-2-4(8)3(7)5(9)6(10)11-2/h2-6,8-10H,7H2,1H3/t2-,3-,4-,5-,6+/m1/s1. The highest BCUT2D eigenvalue weighted by molar-refractivity contribution is 4.89. The van der Waals surface area contributed by atoms with Crippen LogP contribution in [0.4, 0.5) is 0 Å². The summed E-state index contributed by atoms with van der Waals surface area (Å²) in [6.45, 7) is 1.58. The van der Waals surface area contributed by atoms with Crippen LogP contribution in [0.25, 0.3) is 0 Å². The Bertz CT molecular complexity index is 129. The molecule has 5 heteroatoms.